The summed E-state index contributed by atoms with van der Waals surface area (Å²) in [4.78, 5) is 17.8. The standard InChI is InChI=1S/C19H24N2OS/c1-20(19(22)18-10-6-14-23-18)17-9-5-12-21(15-17)13-11-16-7-3-2-4-8-16/h2-4,6-8,10,14,17H,5,9,11-13,15H2,1H3/t17-/m0/s1. The minimum Gasteiger partial charge on any atom is -0.337 e. The first-order chi connectivity index (χ1) is 11.2. The summed E-state index contributed by atoms with van der Waals surface area (Å²) < 4.78 is 0. The number of thiophene rings is 1. The molecule has 1 amide bonds. The maximum atomic E-state index is 12.5. The molecular weight excluding hydrogens is 304 g/mol. The van der Waals surface area contributed by atoms with Crippen LogP contribution < -0.4 is 0 Å². The summed E-state index contributed by atoms with van der Waals surface area (Å²) in [7, 11) is 1.95. The molecule has 122 valence electrons. The van der Waals surface area contributed by atoms with Crippen LogP contribution in [-0.4, -0.2) is 48.4 Å². The van der Waals surface area contributed by atoms with E-state index < -0.39 is 0 Å². The van der Waals surface area contributed by atoms with E-state index in [4.69, 9.17) is 0 Å². The monoisotopic (exact) mass is 328 g/mol. The van der Waals surface area contributed by atoms with E-state index in [0.717, 1.165) is 37.4 Å². The predicted molar refractivity (Wildman–Crippen MR) is 96.0 cm³/mol. The van der Waals surface area contributed by atoms with Crippen LogP contribution >= 0.6 is 11.3 Å². The summed E-state index contributed by atoms with van der Waals surface area (Å²) in [6, 6.07) is 14.8. The van der Waals surface area contributed by atoms with Crippen LogP contribution in [0.25, 0.3) is 0 Å². The van der Waals surface area contributed by atoms with E-state index in [2.05, 4.69) is 35.2 Å². The molecule has 2 aromatic rings. The molecule has 0 radical (unpaired) electrons. The van der Waals surface area contributed by atoms with Crippen molar-refractivity contribution >= 4 is 17.2 Å². The second-order valence-electron chi connectivity index (χ2n) is 6.23. The lowest BCUT2D eigenvalue weighted by Crippen LogP contribution is -2.48. The van der Waals surface area contributed by atoms with Gasteiger partial charge in [0.1, 0.15) is 0 Å². The van der Waals surface area contributed by atoms with Crippen LogP contribution in [0.4, 0.5) is 0 Å². The lowest BCUT2D eigenvalue weighted by atomic mass is 10.0. The number of piperidine rings is 1. The Labute approximate surface area is 142 Å². The van der Waals surface area contributed by atoms with Crippen molar-refractivity contribution in [1.82, 2.24) is 9.80 Å². The van der Waals surface area contributed by atoms with Crippen molar-refractivity contribution in [1.29, 1.82) is 0 Å². The molecule has 1 aromatic carbocycles. The zero-order chi connectivity index (χ0) is 16.1. The Hall–Kier alpha value is -1.65. The van der Waals surface area contributed by atoms with Crippen molar-refractivity contribution in [3.05, 3.63) is 58.3 Å². The maximum Gasteiger partial charge on any atom is 0.263 e. The number of carbonyl (C=O) groups is 1. The summed E-state index contributed by atoms with van der Waals surface area (Å²) >= 11 is 1.53. The van der Waals surface area contributed by atoms with Crippen LogP contribution in [0.1, 0.15) is 28.1 Å². The van der Waals surface area contributed by atoms with Crippen molar-refractivity contribution in [2.45, 2.75) is 25.3 Å². The van der Waals surface area contributed by atoms with E-state index in [0.29, 0.717) is 6.04 Å². The van der Waals surface area contributed by atoms with Crippen LogP contribution in [-0.2, 0) is 6.42 Å². The fourth-order valence-electron chi connectivity index (χ4n) is 3.22. The highest BCUT2D eigenvalue weighted by Crippen LogP contribution is 2.19. The Morgan fingerprint density at radius 2 is 2.09 bits per heavy atom. The predicted octanol–water partition coefficient (Wildman–Crippen LogP) is 3.53. The van der Waals surface area contributed by atoms with Crippen molar-refractivity contribution < 1.29 is 4.79 Å². The van der Waals surface area contributed by atoms with E-state index in [1.165, 1.54) is 23.3 Å². The zero-order valence-corrected chi connectivity index (χ0v) is 14.5. The number of nitrogens with zero attached hydrogens (tertiary/aromatic N) is 2. The molecule has 3 nitrogen and oxygen atoms in total. The number of likely N-dealkylation sites (N-methyl/N-ethyl adjacent to an activating group) is 1. The summed E-state index contributed by atoms with van der Waals surface area (Å²) in [6.07, 6.45) is 3.35. The van der Waals surface area contributed by atoms with Gasteiger partial charge >= 0.3 is 0 Å². The Balaban J connectivity index is 1.54. The fraction of sp³-hybridized carbons (Fsp3) is 0.421. The number of carbonyl (C=O) groups excluding carboxylic acids is 1. The Morgan fingerprint density at radius 3 is 2.83 bits per heavy atom. The molecule has 0 aliphatic carbocycles. The number of rotatable bonds is 5. The average molecular weight is 328 g/mol. The van der Waals surface area contributed by atoms with E-state index in [-0.39, 0.29) is 5.91 Å². The van der Waals surface area contributed by atoms with Crippen molar-refractivity contribution in [3.8, 4) is 0 Å². The summed E-state index contributed by atoms with van der Waals surface area (Å²) in [6.45, 7) is 3.20. The molecule has 0 saturated carbocycles. The topological polar surface area (TPSA) is 23.6 Å². The smallest absolute Gasteiger partial charge is 0.263 e. The van der Waals surface area contributed by atoms with Gasteiger partial charge in [-0.3, -0.25) is 4.79 Å². The van der Waals surface area contributed by atoms with Crippen molar-refractivity contribution in [2.24, 2.45) is 0 Å². The highest BCUT2D eigenvalue weighted by Gasteiger charge is 2.26. The van der Waals surface area contributed by atoms with Gasteiger partial charge in [-0.25, -0.2) is 0 Å². The Kier molecular flexibility index (Phi) is 5.47. The van der Waals surface area contributed by atoms with Crippen LogP contribution in [0, 0.1) is 0 Å². The van der Waals surface area contributed by atoms with Gasteiger partial charge in [-0.15, -0.1) is 11.3 Å². The van der Waals surface area contributed by atoms with Gasteiger partial charge in [0.05, 0.1) is 4.88 Å². The first kappa shape index (κ1) is 16.2. The van der Waals surface area contributed by atoms with E-state index in [1.54, 1.807) is 0 Å². The Morgan fingerprint density at radius 1 is 1.26 bits per heavy atom. The summed E-state index contributed by atoms with van der Waals surface area (Å²) in [5.41, 5.74) is 1.39. The largest absolute Gasteiger partial charge is 0.337 e. The van der Waals surface area contributed by atoms with E-state index in [1.807, 2.05) is 29.5 Å². The number of likely N-dealkylation sites (tertiary alicyclic amines) is 1. The fourth-order valence-corrected chi connectivity index (χ4v) is 3.93. The van der Waals surface area contributed by atoms with Crippen molar-refractivity contribution in [2.75, 3.05) is 26.7 Å². The molecule has 3 rings (SSSR count). The molecule has 0 unspecified atom stereocenters. The molecule has 1 aliphatic heterocycles. The van der Waals surface area contributed by atoms with Gasteiger partial charge in [0.2, 0.25) is 0 Å². The second-order valence-corrected chi connectivity index (χ2v) is 7.17. The first-order valence-corrected chi connectivity index (χ1v) is 9.19. The first-order valence-electron chi connectivity index (χ1n) is 8.31. The lowest BCUT2D eigenvalue weighted by molar-refractivity contribution is 0.0624. The molecule has 4 heteroatoms. The Bertz CT molecular complexity index is 612. The minimum absolute atomic E-state index is 0.162. The molecule has 23 heavy (non-hydrogen) atoms. The SMILES string of the molecule is CN(C(=O)c1cccs1)[C@H]1CCCN(CCc2ccccc2)C1. The maximum absolute atomic E-state index is 12.5. The lowest BCUT2D eigenvalue weighted by Gasteiger charge is -2.37. The molecular formula is C19H24N2OS. The molecule has 0 N–H and O–H groups in total. The van der Waals surface area contributed by atoms with Crippen molar-refractivity contribution in [3.63, 3.8) is 0 Å². The van der Waals surface area contributed by atoms with Gasteiger partial charge in [0, 0.05) is 26.2 Å². The van der Waals surface area contributed by atoms with Gasteiger partial charge < -0.3 is 9.80 Å². The molecule has 0 bridgehead atoms. The molecule has 1 atom stereocenters. The van der Waals surface area contributed by atoms with Crippen LogP contribution in [0.3, 0.4) is 0 Å². The highest BCUT2D eigenvalue weighted by atomic mass is 32.1. The zero-order valence-electron chi connectivity index (χ0n) is 13.6. The van der Waals surface area contributed by atoms with Gasteiger partial charge in [-0.2, -0.15) is 0 Å². The summed E-state index contributed by atoms with van der Waals surface area (Å²) in [5.74, 6) is 0.162. The third-order valence-electron chi connectivity index (χ3n) is 4.64. The molecule has 2 heterocycles. The van der Waals surface area contributed by atoms with Gasteiger partial charge in [-0.1, -0.05) is 36.4 Å². The molecule has 1 aliphatic rings. The second kappa shape index (κ2) is 7.75. The van der Waals surface area contributed by atoms with Crippen LogP contribution in [0.2, 0.25) is 0 Å². The van der Waals surface area contributed by atoms with Gasteiger partial charge in [0.15, 0.2) is 0 Å². The number of hydrogen-bond acceptors (Lipinski definition) is 3. The van der Waals surface area contributed by atoms with Crippen LogP contribution in [0.5, 0.6) is 0 Å². The normalized spacial score (nSPS) is 18.7. The number of hydrogen-bond donors (Lipinski definition) is 0. The van der Waals surface area contributed by atoms with Gasteiger partial charge in [0.25, 0.3) is 5.91 Å². The van der Waals surface area contributed by atoms with E-state index in [9.17, 15) is 4.79 Å². The minimum atomic E-state index is 0.162. The average Bonchev–Trinajstić information content (AvgIpc) is 3.14. The quantitative estimate of drug-likeness (QED) is 0.838. The van der Waals surface area contributed by atoms with E-state index >= 15 is 0 Å². The number of benzene rings is 1. The highest BCUT2D eigenvalue weighted by molar-refractivity contribution is 7.12. The third kappa shape index (κ3) is 4.21. The summed E-state index contributed by atoms with van der Waals surface area (Å²) in [5, 5.41) is 1.97. The molecule has 1 saturated heterocycles. The van der Waals surface area contributed by atoms with Crippen LogP contribution in [0.15, 0.2) is 47.8 Å². The molecule has 1 fully saturated rings. The molecule has 1 aromatic heterocycles. The molecule has 0 spiro atoms. The van der Waals surface area contributed by atoms with Gasteiger partial charge in [-0.05, 0) is 42.8 Å². The third-order valence-corrected chi connectivity index (χ3v) is 5.50. The number of amides is 1.